The van der Waals surface area contributed by atoms with Crippen LogP contribution in [0.4, 0.5) is 0 Å². The summed E-state index contributed by atoms with van der Waals surface area (Å²) in [6, 6.07) is 0. The van der Waals surface area contributed by atoms with E-state index < -0.39 is 5.97 Å². The molecule has 0 bridgehead atoms. The molecule has 3 nitrogen and oxygen atoms in total. The Morgan fingerprint density at radius 3 is 2.64 bits per heavy atom. The Hall–Kier alpha value is -1.38. The van der Waals surface area contributed by atoms with E-state index in [1.54, 1.807) is 0 Å². The minimum Gasteiger partial charge on any atom is -0.481 e. The first-order valence-electron chi connectivity index (χ1n) is 8.23. The Labute approximate surface area is 133 Å². The molecule has 0 amide bonds. The molecule has 0 heterocycles. The van der Waals surface area contributed by atoms with Crippen LogP contribution >= 0.6 is 0 Å². The summed E-state index contributed by atoms with van der Waals surface area (Å²) < 4.78 is 0. The van der Waals surface area contributed by atoms with E-state index in [1.807, 2.05) is 6.08 Å². The molecule has 0 aromatic rings. The maximum absolute atomic E-state index is 11.2. The maximum Gasteiger partial charge on any atom is 0.307 e. The second-order valence-electron chi connectivity index (χ2n) is 8.18. The molecule has 3 atom stereocenters. The van der Waals surface area contributed by atoms with Gasteiger partial charge in [-0.3, -0.25) is 9.59 Å². The van der Waals surface area contributed by atoms with Gasteiger partial charge in [0.15, 0.2) is 0 Å². The fourth-order valence-corrected chi connectivity index (χ4v) is 4.47. The van der Waals surface area contributed by atoms with Crippen molar-refractivity contribution < 1.29 is 14.7 Å². The lowest BCUT2D eigenvalue weighted by Crippen LogP contribution is -2.45. The number of allylic oxidation sites excluding steroid dienone is 2. The largest absolute Gasteiger partial charge is 0.481 e. The number of carbonyl (C=O) groups is 2. The first-order chi connectivity index (χ1) is 10.2. The van der Waals surface area contributed by atoms with Crippen molar-refractivity contribution in [1.82, 2.24) is 0 Å². The molecule has 3 heteroatoms. The SMILES string of the molecule is C=C1CCC2CC(C)(C)CCC2(C)C1C=C(C=O)CC(=O)O. The molecule has 1 N–H and O–H groups in total. The average molecular weight is 304 g/mol. The van der Waals surface area contributed by atoms with Crippen LogP contribution in [-0.4, -0.2) is 17.4 Å². The van der Waals surface area contributed by atoms with Crippen molar-refractivity contribution in [1.29, 1.82) is 0 Å². The summed E-state index contributed by atoms with van der Waals surface area (Å²) in [4.78, 5) is 22.1. The molecular formula is C19H28O3. The van der Waals surface area contributed by atoms with E-state index in [9.17, 15) is 9.59 Å². The number of hydrogen-bond acceptors (Lipinski definition) is 2. The van der Waals surface area contributed by atoms with Gasteiger partial charge in [0, 0.05) is 5.92 Å². The van der Waals surface area contributed by atoms with E-state index >= 15 is 0 Å². The van der Waals surface area contributed by atoms with E-state index in [1.165, 1.54) is 19.3 Å². The van der Waals surface area contributed by atoms with Gasteiger partial charge in [-0.25, -0.2) is 0 Å². The van der Waals surface area contributed by atoms with E-state index in [0.29, 0.717) is 23.2 Å². The molecule has 0 radical (unpaired) electrons. The highest BCUT2D eigenvalue weighted by Crippen LogP contribution is 2.59. The zero-order valence-electron chi connectivity index (χ0n) is 14.0. The lowest BCUT2D eigenvalue weighted by atomic mass is 9.50. The standard InChI is InChI=1S/C19H28O3/c1-13-5-6-15-11-18(2,3)7-8-19(15,4)16(13)9-14(12-20)10-17(21)22/h9,12,15-16H,1,5-8,10-11H2,2-4H3,(H,21,22). The minimum absolute atomic E-state index is 0.109. The maximum atomic E-state index is 11.2. The van der Waals surface area contributed by atoms with Crippen molar-refractivity contribution in [2.75, 3.05) is 0 Å². The quantitative estimate of drug-likeness (QED) is 0.476. The summed E-state index contributed by atoms with van der Waals surface area (Å²) in [5.74, 6) is -0.200. The van der Waals surface area contributed by atoms with Gasteiger partial charge >= 0.3 is 5.97 Å². The molecule has 0 saturated heterocycles. The summed E-state index contributed by atoms with van der Waals surface area (Å²) in [5, 5.41) is 8.95. The van der Waals surface area contributed by atoms with Gasteiger partial charge in [0.25, 0.3) is 0 Å². The molecule has 22 heavy (non-hydrogen) atoms. The van der Waals surface area contributed by atoms with Gasteiger partial charge in [0.05, 0.1) is 6.42 Å². The number of carboxylic acids is 1. The second-order valence-corrected chi connectivity index (χ2v) is 8.18. The summed E-state index contributed by atoms with van der Waals surface area (Å²) >= 11 is 0. The van der Waals surface area contributed by atoms with Gasteiger partial charge in [-0.15, -0.1) is 0 Å². The zero-order valence-corrected chi connectivity index (χ0v) is 14.0. The molecule has 2 saturated carbocycles. The second kappa shape index (κ2) is 6.02. The van der Waals surface area contributed by atoms with Crippen molar-refractivity contribution in [3.8, 4) is 0 Å². The van der Waals surface area contributed by atoms with Crippen LogP contribution in [0.15, 0.2) is 23.8 Å². The Bertz CT molecular complexity index is 515. The molecule has 122 valence electrons. The fraction of sp³-hybridized carbons (Fsp3) is 0.684. The molecular weight excluding hydrogens is 276 g/mol. The minimum atomic E-state index is -0.953. The molecule has 0 aromatic carbocycles. The lowest BCUT2D eigenvalue weighted by molar-refractivity contribution is -0.136. The third kappa shape index (κ3) is 3.34. The highest BCUT2D eigenvalue weighted by atomic mass is 16.4. The molecule has 2 fully saturated rings. The van der Waals surface area contributed by atoms with Crippen LogP contribution in [0.3, 0.4) is 0 Å². The number of aldehydes is 1. The zero-order chi connectivity index (χ0) is 16.5. The van der Waals surface area contributed by atoms with Gasteiger partial charge in [-0.05, 0) is 54.4 Å². The predicted molar refractivity (Wildman–Crippen MR) is 87.5 cm³/mol. The lowest BCUT2D eigenvalue weighted by Gasteiger charge is -2.54. The molecule has 3 unspecified atom stereocenters. The molecule has 0 aromatic heterocycles. The van der Waals surface area contributed by atoms with Gasteiger partial charge in [0.1, 0.15) is 6.29 Å². The van der Waals surface area contributed by atoms with Crippen LogP contribution in [0.25, 0.3) is 0 Å². The summed E-state index contributed by atoms with van der Waals surface area (Å²) in [6.45, 7) is 11.2. The number of rotatable bonds is 4. The summed E-state index contributed by atoms with van der Waals surface area (Å²) in [7, 11) is 0. The molecule has 2 rings (SSSR count). The molecule has 2 aliphatic rings. The molecule has 0 spiro atoms. The van der Waals surface area contributed by atoms with Crippen LogP contribution in [0, 0.1) is 22.7 Å². The Balaban J connectivity index is 2.32. The Morgan fingerprint density at radius 2 is 2.05 bits per heavy atom. The number of carbonyl (C=O) groups excluding carboxylic acids is 1. The third-order valence-corrected chi connectivity index (χ3v) is 5.92. The van der Waals surface area contributed by atoms with Crippen molar-refractivity contribution in [2.24, 2.45) is 22.7 Å². The van der Waals surface area contributed by atoms with Crippen molar-refractivity contribution in [3.05, 3.63) is 23.8 Å². The smallest absolute Gasteiger partial charge is 0.307 e. The monoisotopic (exact) mass is 304 g/mol. The number of hydrogen-bond donors (Lipinski definition) is 1. The van der Waals surface area contributed by atoms with E-state index in [0.717, 1.165) is 18.4 Å². The first-order valence-corrected chi connectivity index (χ1v) is 8.23. The number of aliphatic carboxylic acids is 1. The normalized spacial score (nSPS) is 34.9. The number of carboxylic acid groups (broad SMARTS) is 1. The molecule has 0 aliphatic heterocycles. The van der Waals surface area contributed by atoms with E-state index in [4.69, 9.17) is 5.11 Å². The first kappa shape index (κ1) is 17.0. The molecule has 2 aliphatic carbocycles. The van der Waals surface area contributed by atoms with Crippen LogP contribution in [0.5, 0.6) is 0 Å². The van der Waals surface area contributed by atoms with Crippen LogP contribution in [0.1, 0.15) is 59.3 Å². The third-order valence-electron chi connectivity index (χ3n) is 5.92. The van der Waals surface area contributed by atoms with Crippen LogP contribution < -0.4 is 0 Å². The highest BCUT2D eigenvalue weighted by Gasteiger charge is 2.49. The van der Waals surface area contributed by atoms with Crippen molar-refractivity contribution in [3.63, 3.8) is 0 Å². The van der Waals surface area contributed by atoms with Crippen molar-refractivity contribution in [2.45, 2.75) is 59.3 Å². The Kier molecular flexibility index (Phi) is 4.65. The van der Waals surface area contributed by atoms with Gasteiger partial charge in [0.2, 0.25) is 0 Å². The summed E-state index contributed by atoms with van der Waals surface area (Å²) in [5.41, 5.74) is 2.03. The van der Waals surface area contributed by atoms with Crippen LogP contribution in [-0.2, 0) is 9.59 Å². The van der Waals surface area contributed by atoms with Gasteiger partial charge in [-0.2, -0.15) is 0 Å². The fourth-order valence-electron chi connectivity index (χ4n) is 4.47. The summed E-state index contributed by atoms with van der Waals surface area (Å²) in [6.07, 6.45) is 8.04. The number of fused-ring (bicyclic) bond motifs is 1. The van der Waals surface area contributed by atoms with E-state index in [2.05, 4.69) is 27.4 Å². The average Bonchev–Trinajstić information content (AvgIpc) is 2.42. The predicted octanol–water partition coefficient (Wildman–Crippen LogP) is 4.39. The topological polar surface area (TPSA) is 54.4 Å². The Morgan fingerprint density at radius 1 is 1.36 bits per heavy atom. The van der Waals surface area contributed by atoms with Gasteiger partial charge < -0.3 is 5.11 Å². The van der Waals surface area contributed by atoms with E-state index in [-0.39, 0.29) is 17.8 Å². The van der Waals surface area contributed by atoms with Crippen LogP contribution in [0.2, 0.25) is 0 Å². The van der Waals surface area contributed by atoms with Gasteiger partial charge in [-0.1, -0.05) is 39.0 Å². The highest BCUT2D eigenvalue weighted by molar-refractivity contribution is 5.83. The van der Waals surface area contributed by atoms with Crippen molar-refractivity contribution >= 4 is 12.3 Å².